The standard InChI is InChI=1S/C34H40ClN7O4/c35-29-12-5-3-10-27(29)30-14-7-16-40(30)34(43)37-15-18-44-20-22-46-23-21-45-19-17-42-33-26-9-2-1-8-25(26)24-41(36)31-13-6-4-11-28(31)32(33)38-39-42/h1-6,8-13,30H,7,14-24,36H2,(H,37,43). The van der Waals surface area contributed by atoms with E-state index in [4.69, 9.17) is 31.7 Å². The van der Waals surface area contributed by atoms with E-state index in [-0.39, 0.29) is 12.1 Å². The first kappa shape index (κ1) is 32.0. The number of urea groups is 1. The molecule has 1 unspecified atom stereocenters. The van der Waals surface area contributed by atoms with Crippen molar-refractivity contribution in [1.82, 2.24) is 25.2 Å². The minimum atomic E-state index is -0.0897. The fraction of sp³-hybridized carbons (Fsp3) is 0.382. The number of hydrogen-bond donors (Lipinski definition) is 2. The Morgan fingerprint density at radius 1 is 0.891 bits per heavy atom. The van der Waals surface area contributed by atoms with Crippen LogP contribution in [0.2, 0.25) is 5.02 Å². The van der Waals surface area contributed by atoms with Gasteiger partial charge in [-0.25, -0.2) is 15.3 Å². The summed E-state index contributed by atoms with van der Waals surface area (Å²) in [7, 11) is 0. The Bertz CT molecular complexity index is 1620. The van der Waals surface area contributed by atoms with Gasteiger partial charge in [0.2, 0.25) is 0 Å². The molecule has 0 aliphatic carbocycles. The number of ether oxygens (including phenoxy) is 3. The predicted octanol–water partition coefficient (Wildman–Crippen LogP) is 5.06. The van der Waals surface area contributed by atoms with Gasteiger partial charge in [-0.05, 0) is 36.1 Å². The molecule has 11 nitrogen and oxygen atoms in total. The van der Waals surface area contributed by atoms with Gasteiger partial charge >= 0.3 is 6.03 Å². The molecule has 2 aliphatic heterocycles. The van der Waals surface area contributed by atoms with Gasteiger partial charge in [0.25, 0.3) is 0 Å². The number of benzene rings is 3. The van der Waals surface area contributed by atoms with Crippen molar-refractivity contribution in [2.45, 2.75) is 32.0 Å². The number of anilines is 1. The molecule has 0 radical (unpaired) electrons. The number of aromatic nitrogens is 3. The number of likely N-dealkylation sites (tertiary alicyclic amines) is 1. The molecule has 1 fully saturated rings. The zero-order chi connectivity index (χ0) is 31.7. The van der Waals surface area contributed by atoms with Gasteiger partial charge < -0.3 is 29.4 Å². The number of nitrogens with one attached hydrogen (secondary N) is 1. The van der Waals surface area contributed by atoms with Crippen molar-refractivity contribution in [2.75, 3.05) is 57.7 Å². The van der Waals surface area contributed by atoms with Gasteiger partial charge in [-0.2, -0.15) is 0 Å². The van der Waals surface area contributed by atoms with Crippen LogP contribution in [-0.2, 0) is 27.3 Å². The van der Waals surface area contributed by atoms with Crippen LogP contribution in [0.15, 0.2) is 72.8 Å². The molecule has 1 aromatic heterocycles. The number of para-hydroxylation sites is 1. The normalized spacial score (nSPS) is 15.6. The summed E-state index contributed by atoms with van der Waals surface area (Å²) in [5, 5.41) is 14.5. The monoisotopic (exact) mass is 645 g/mol. The van der Waals surface area contributed by atoms with Crippen LogP contribution in [-0.4, -0.2) is 78.7 Å². The van der Waals surface area contributed by atoms with E-state index in [9.17, 15) is 4.79 Å². The summed E-state index contributed by atoms with van der Waals surface area (Å²) in [6.07, 6.45) is 1.87. The van der Waals surface area contributed by atoms with E-state index in [1.54, 1.807) is 5.01 Å². The molecule has 1 saturated heterocycles. The second-order valence-electron chi connectivity index (χ2n) is 11.3. The van der Waals surface area contributed by atoms with Crippen molar-refractivity contribution in [2.24, 2.45) is 5.84 Å². The van der Waals surface area contributed by atoms with E-state index in [1.807, 2.05) is 70.2 Å². The Hall–Kier alpha value is -4.00. The highest BCUT2D eigenvalue weighted by Crippen LogP contribution is 2.40. The maximum absolute atomic E-state index is 12.8. The first-order valence-electron chi connectivity index (χ1n) is 15.8. The molecule has 46 heavy (non-hydrogen) atoms. The third-order valence-electron chi connectivity index (χ3n) is 8.31. The van der Waals surface area contributed by atoms with Crippen molar-refractivity contribution < 1.29 is 19.0 Å². The molecular formula is C34H40ClN7O4. The Morgan fingerprint density at radius 3 is 2.41 bits per heavy atom. The third-order valence-corrected chi connectivity index (χ3v) is 8.65. The number of rotatable bonds is 13. The second kappa shape index (κ2) is 15.5. The molecule has 3 N–H and O–H groups in total. The van der Waals surface area contributed by atoms with Gasteiger partial charge in [-0.3, -0.25) is 0 Å². The van der Waals surface area contributed by atoms with Crippen molar-refractivity contribution in [3.05, 3.63) is 88.9 Å². The summed E-state index contributed by atoms with van der Waals surface area (Å²) >= 11 is 6.38. The zero-order valence-corrected chi connectivity index (χ0v) is 26.6. The summed E-state index contributed by atoms with van der Waals surface area (Å²) in [6, 6.07) is 23.9. The van der Waals surface area contributed by atoms with Crippen molar-refractivity contribution in [3.63, 3.8) is 0 Å². The van der Waals surface area contributed by atoms with Gasteiger partial charge in [0.1, 0.15) is 5.69 Å². The summed E-state index contributed by atoms with van der Waals surface area (Å²) in [5.74, 6) is 6.45. The SMILES string of the molecule is NN1Cc2ccccc2-c2c(nnn2CCOCCOCCOCCNC(=O)N2CCCC2c2ccccc2Cl)-c2ccccc21. The molecule has 3 aromatic carbocycles. The van der Waals surface area contributed by atoms with Crippen LogP contribution in [0.1, 0.15) is 30.0 Å². The van der Waals surface area contributed by atoms with E-state index in [0.29, 0.717) is 64.3 Å². The number of nitrogens with zero attached hydrogens (tertiary/aromatic N) is 5. The lowest BCUT2D eigenvalue weighted by Crippen LogP contribution is -2.40. The predicted molar refractivity (Wildman–Crippen MR) is 177 cm³/mol. The number of carbonyl (C=O) groups excluding carboxylic acids is 1. The molecular weight excluding hydrogens is 606 g/mol. The highest BCUT2D eigenvalue weighted by atomic mass is 35.5. The lowest BCUT2D eigenvalue weighted by Gasteiger charge is -2.26. The molecule has 0 saturated carbocycles. The lowest BCUT2D eigenvalue weighted by molar-refractivity contribution is 0.0135. The quantitative estimate of drug-likeness (QED) is 0.153. The number of halogens is 1. The van der Waals surface area contributed by atoms with Crippen LogP contribution in [0.3, 0.4) is 0 Å². The molecule has 4 aromatic rings. The number of amides is 2. The molecule has 3 heterocycles. The molecule has 0 bridgehead atoms. The molecule has 12 heteroatoms. The molecule has 2 amide bonds. The zero-order valence-electron chi connectivity index (χ0n) is 25.8. The number of carbonyl (C=O) groups is 1. The Labute approximate surface area is 274 Å². The summed E-state index contributed by atoms with van der Waals surface area (Å²) in [5.41, 5.74) is 6.80. The van der Waals surface area contributed by atoms with Gasteiger partial charge in [0.15, 0.2) is 0 Å². The molecule has 0 spiro atoms. The molecule has 6 rings (SSSR count). The minimum absolute atomic E-state index is 0.00739. The average molecular weight is 646 g/mol. The van der Waals surface area contributed by atoms with E-state index >= 15 is 0 Å². The first-order chi connectivity index (χ1) is 22.6. The maximum Gasteiger partial charge on any atom is 0.317 e. The van der Waals surface area contributed by atoms with Gasteiger partial charge in [0.05, 0.1) is 70.2 Å². The largest absolute Gasteiger partial charge is 0.377 e. The van der Waals surface area contributed by atoms with Crippen molar-refractivity contribution in [3.8, 4) is 22.5 Å². The first-order valence-corrected chi connectivity index (χ1v) is 16.1. The number of fused-ring (bicyclic) bond motifs is 5. The van der Waals surface area contributed by atoms with Crippen LogP contribution in [0, 0.1) is 0 Å². The average Bonchev–Trinajstić information content (AvgIpc) is 3.73. The molecule has 1 atom stereocenters. The van der Waals surface area contributed by atoms with Gasteiger partial charge in [-0.15, -0.1) is 5.10 Å². The van der Waals surface area contributed by atoms with Gasteiger partial charge in [0, 0.05) is 29.2 Å². The Morgan fingerprint density at radius 2 is 1.59 bits per heavy atom. The summed E-state index contributed by atoms with van der Waals surface area (Å²) in [4.78, 5) is 14.6. The van der Waals surface area contributed by atoms with Crippen LogP contribution in [0.4, 0.5) is 10.5 Å². The highest BCUT2D eigenvalue weighted by molar-refractivity contribution is 6.31. The number of hydrazine groups is 1. The fourth-order valence-corrected chi connectivity index (χ4v) is 6.36. The van der Waals surface area contributed by atoms with Crippen molar-refractivity contribution >= 4 is 23.3 Å². The topological polar surface area (TPSA) is 120 Å². The fourth-order valence-electron chi connectivity index (χ4n) is 6.10. The lowest BCUT2D eigenvalue weighted by atomic mass is 9.96. The van der Waals surface area contributed by atoms with Crippen molar-refractivity contribution in [1.29, 1.82) is 0 Å². The maximum atomic E-state index is 12.8. The van der Waals surface area contributed by atoms with Crippen LogP contribution >= 0.6 is 11.6 Å². The minimum Gasteiger partial charge on any atom is -0.377 e. The van der Waals surface area contributed by atoms with E-state index in [1.165, 1.54) is 0 Å². The van der Waals surface area contributed by atoms with Crippen LogP contribution in [0.5, 0.6) is 0 Å². The summed E-state index contributed by atoms with van der Waals surface area (Å²) in [6.45, 7) is 4.95. The summed E-state index contributed by atoms with van der Waals surface area (Å²) < 4.78 is 19.1. The molecule has 2 aliphatic rings. The third kappa shape index (κ3) is 7.35. The highest BCUT2D eigenvalue weighted by Gasteiger charge is 2.31. The molecule has 242 valence electrons. The number of hydrogen-bond acceptors (Lipinski definition) is 8. The van der Waals surface area contributed by atoms with E-state index in [0.717, 1.165) is 58.7 Å². The van der Waals surface area contributed by atoms with E-state index < -0.39 is 0 Å². The van der Waals surface area contributed by atoms with Crippen LogP contribution < -0.4 is 16.2 Å². The van der Waals surface area contributed by atoms with E-state index in [2.05, 4.69) is 27.8 Å². The van der Waals surface area contributed by atoms with Crippen LogP contribution in [0.25, 0.3) is 22.5 Å². The second-order valence-corrected chi connectivity index (χ2v) is 11.7. The van der Waals surface area contributed by atoms with Gasteiger partial charge in [-0.1, -0.05) is 77.5 Å². The Kier molecular flexibility index (Phi) is 10.8. The smallest absolute Gasteiger partial charge is 0.317 e. The Balaban J connectivity index is 0.881. The number of nitrogens with two attached hydrogens (primary N) is 1.